The highest BCUT2D eigenvalue weighted by molar-refractivity contribution is 7.99. The number of thioether (sulfide) groups is 1. The Labute approximate surface area is 128 Å². The molecule has 0 radical (unpaired) electrons. The van der Waals surface area contributed by atoms with Gasteiger partial charge in [0.2, 0.25) is 0 Å². The van der Waals surface area contributed by atoms with Crippen LogP contribution in [0, 0.1) is 0 Å². The topological polar surface area (TPSA) is 71.2 Å². The van der Waals surface area contributed by atoms with Gasteiger partial charge in [0.25, 0.3) is 0 Å². The zero-order valence-electron chi connectivity index (χ0n) is 12.3. The number of hydrogen-bond donors (Lipinski definition) is 1. The molecule has 2 aromatic rings. The number of aliphatic carboxylic acids is 1. The third kappa shape index (κ3) is 4.44. The summed E-state index contributed by atoms with van der Waals surface area (Å²) in [6.07, 6.45) is 3.84. The van der Waals surface area contributed by atoms with Gasteiger partial charge in [-0.25, -0.2) is 9.97 Å². The molecule has 0 aliphatic rings. The maximum Gasteiger partial charge on any atom is 0.313 e. The lowest BCUT2D eigenvalue weighted by Crippen LogP contribution is -2.13. The molecule has 2 heterocycles. The number of nitrogens with zero attached hydrogens (tertiary/aromatic N) is 4. The predicted octanol–water partition coefficient (Wildman–Crippen LogP) is 1.95. The third-order valence-electron chi connectivity index (χ3n) is 3.03. The van der Waals surface area contributed by atoms with Gasteiger partial charge in [-0.15, -0.1) is 0 Å². The number of imidazole rings is 1. The molecule has 0 fully saturated rings. The molecule has 0 atom stereocenters. The largest absolute Gasteiger partial charge is 0.481 e. The van der Waals surface area contributed by atoms with Gasteiger partial charge in [0.15, 0.2) is 10.8 Å². The molecule has 114 valence electrons. The van der Waals surface area contributed by atoms with Gasteiger partial charge in [-0.3, -0.25) is 4.79 Å². The van der Waals surface area contributed by atoms with E-state index < -0.39 is 5.97 Å². The highest BCUT2D eigenvalue weighted by Gasteiger charge is 2.13. The average Bonchev–Trinajstić information content (AvgIpc) is 2.79. The highest BCUT2D eigenvalue weighted by Crippen LogP contribution is 2.23. The van der Waals surface area contributed by atoms with E-state index in [4.69, 9.17) is 5.11 Å². The number of rotatable bonds is 8. The van der Waals surface area contributed by atoms with Crippen molar-refractivity contribution in [2.75, 3.05) is 26.4 Å². The monoisotopic (exact) mass is 308 g/mol. The molecular formula is C14H20N4O2S. The molecule has 0 spiro atoms. The number of aryl methyl sites for hydroxylation is 1. The van der Waals surface area contributed by atoms with Gasteiger partial charge >= 0.3 is 5.97 Å². The Bertz CT molecular complexity index is 612. The summed E-state index contributed by atoms with van der Waals surface area (Å²) in [7, 11) is 4.12. The van der Waals surface area contributed by atoms with E-state index in [1.165, 1.54) is 11.8 Å². The Hall–Kier alpha value is -1.60. The fraction of sp³-hybridized carbons (Fsp3) is 0.500. The van der Waals surface area contributed by atoms with E-state index >= 15 is 0 Å². The normalized spacial score (nSPS) is 11.4. The Balaban J connectivity index is 2.13. The van der Waals surface area contributed by atoms with Crippen molar-refractivity contribution in [1.29, 1.82) is 0 Å². The van der Waals surface area contributed by atoms with Gasteiger partial charge in [-0.2, -0.15) is 0 Å². The van der Waals surface area contributed by atoms with Crippen LogP contribution in [0.4, 0.5) is 0 Å². The van der Waals surface area contributed by atoms with Crippen LogP contribution in [0.25, 0.3) is 11.2 Å². The number of unbranched alkanes of at least 4 members (excludes halogenated alkanes) is 1. The SMILES string of the molecule is CN(C)CCCCn1c(SCC(=O)O)nc2cccnc21. The zero-order valence-corrected chi connectivity index (χ0v) is 13.1. The number of hydrogen-bond acceptors (Lipinski definition) is 5. The van der Waals surface area contributed by atoms with Crippen LogP contribution < -0.4 is 0 Å². The van der Waals surface area contributed by atoms with Gasteiger partial charge < -0.3 is 14.6 Å². The molecule has 0 aromatic carbocycles. The quantitative estimate of drug-likeness (QED) is 0.594. The molecule has 0 saturated heterocycles. The lowest BCUT2D eigenvalue weighted by atomic mass is 10.3. The average molecular weight is 308 g/mol. The highest BCUT2D eigenvalue weighted by atomic mass is 32.2. The first-order valence-corrected chi connectivity index (χ1v) is 7.87. The molecule has 21 heavy (non-hydrogen) atoms. The van der Waals surface area contributed by atoms with Crippen LogP contribution in [0.5, 0.6) is 0 Å². The van der Waals surface area contributed by atoms with E-state index in [1.807, 2.05) is 16.7 Å². The van der Waals surface area contributed by atoms with Gasteiger partial charge in [0.05, 0.1) is 5.75 Å². The van der Waals surface area contributed by atoms with Crippen LogP contribution in [0.15, 0.2) is 23.5 Å². The second kappa shape index (κ2) is 7.42. The summed E-state index contributed by atoms with van der Waals surface area (Å²) in [6.45, 7) is 1.85. The molecule has 7 heteroatoms. The van der Waals surface area contributed by atoms with Crippen molar-refractivity contribution in [3.05, 3.63) is 18.3 Å². The maximum atomic E-state index is 10.8. The van der Waals surface area contributed by atoms with E-state index in [1.54, 1.807) is 6.20 Å². The van der Waals surface area contributed by atoms with Crippen molar-refractivity contribution in [1.82, 2.24) is 19.4 Å². The van der Waals surface area contributed by atoms with Crippen molar-refractivity contribution in [2.45, 2.75) is 24.5 Å². The molecule has 1 N–H and O–H groups in total. The summed E-state index contributed by atoms with van der Waals surface area (Å²) < 4.78 is 2.03. The Morgan fingerprint density at radius 3 is 2.95 bits per heavy atom. The zero-order chi connectivity index (χ0) is 15.2. The van der Waals surface area contributed by atoms with Crippen molar-refractivity contribution in [3.63, 3.8) is 0 Å². The fourth-order valence-corrected chi connectivity index (χ4v) is 2.82. The number of pyridine rings is 1. The number of fused-ring (bicyclic) bond motifs is 1. The summed E-state index contributed by atoms with van der Waals surface area (Å²) in [4.78, 5) is 21.8. The maximum absolute atomic E-state index is 10.8. The summed E-state index contributed by atoms with van der Waals surface area (Å²) in [5.74, 6) is -0.819. The molecule has 0 unspecified atom stereocenters. The van der Waals surface area contributed by atoms with Gasteiger partial charge in [-0.1, -0.05) is 11.8 Å². The van der Waals surface area contributed by atoms with Crippen LogP contribution in [0.3, 0.4) is 0 Å². The number of carboxylic acids is 1. The van der Waals surface area contributed by atoms with Crippen LogP contribution in [-0.2, 0) is 11.3 Å². The lowest BCUT2D eigenvalue weighted by Gasteiger charge is -2.10. The molecule has 2 aromatic heterocycles. The second-order valence-corrected chi connectivity index (χ2v) is 6.03. The van der Waals surface area contributed by atoms with Crippen molar-refractivity contribution in [2.24, 2.45) is 0 Å². The third-order valence-corrected chi connectivity index (χ3v) is 3.99. The molecule has 0 aliphatic carbocycles. The Morgan fingerprint density at radius 1 is 1.43 bits per heavy atom. The van der Waals surface area contributed by atoms with Crippen molar-refractivity contribution >= 4 is 28.9 Å². The summed E-state index contributed by atoms with van der Waals surface area (Å²) in [5.41, 5.74) is 1.65. The summed E-state index contributed by atoms with van der Waals surface area (Å²) in [6, 6.07) is 3.75. The minimum Gasteiger partial charge on any atom is -0.481 e. The number of carbonyl (C=O) groups is 1. The molecule has 0 amide bonds. The van der Waals surface area contributed by atoms with Gasteiger partial charge in [0, 0.05) is 12.7 Å². The first-order valence-electron chi connectivity index (χ1n) is 6.88. The smallest absolute Gasteiger partial charge is 0.313 e. The summed E-state index contributed by atoms with van der Waals surface area (Å²) >= 11 is 1.25. The van der Waals surface area contributed by atoms with Gasteiger partial charge in [-0.05, 0) is 45.6 Å². The number of aromatic nitrogens is 3. The molecule has 6 nitrogen and oxygen atoms in total. The molecule has 0 saturated carbocycles. The van der Waals surface area contributed by atoms with Crippen molar-refractivity contribution < 1.29 is 9.90 Å². The lowest BCUT2D eigenvalue weighted by molar-refractivity contribution is -0.133. The molecule has 0 bridgehead atoms. The Kier molecular flexibility index (Phi) is 5.58. The van der Waals surface area contributed by atoms with E-state index in [9.17, 15) is 4.79 Å². The summed E-state index contributed by atoms with van der Waals surface area (Å²) in [5, 5.41) is 9.57. The van der Waals surface area contributed by atoms with Gasteiger partial charge in [0.1, 0.15) is 5.52 Å². The first kappa shape index (κ1) is 15.8. The molecule has 2 rings (SSSR count). The fourth-order valence-electron chi connectivity index (χ4n) is 2.07. The molecule has 0 aliphatic heterocycles. The van der Waals surface area contributed by atoms with E-state index in [0.29, 0.717) is 0 Å². The second-order valence-electron chi connectivity index (χ2n) is 5.08. The minimum absolute atomic E-state index is 0.0149. The van der Waals surface area contributed by atoms with Crippen LogP contribution in [-0.4, -0.2) is 56.9 Å². The minimum atomic E-state index is -0.834. The van der Waals surface area contributed by atoms with Crippen LogP contribution in [0.2, 0.25) is 0 Å². The number of carboxylic acid groups (broad SMARTS) is 1. The van der Waals surface area contributed by atoms with E-state index in [2.05, 4.69) is 29.0 Å². The molecular weight excluding hydrogens is 288 g/mol. The van der Waals surface area contributed by atoms with Crippen molar-refractivity contribution in [3.8, 4) is 0 Å². The van der Waals surface area contributed by atoms with E-state index in [-0.39, 0.29) is 5.75 Å². The first-order chi connectivity index (χ1) is 10.1. The van der Waals surface area contributed by atoms with Crippen LogP contribution in [0.1, 0.15) is 12.8 Å². The van der Waals surface area contributed by atoms with E-state index in [0.717, 1.165) is 42.3 Å². The standard InChI is InChI=1S/C14H20N4O2S/c1-17(2)8-3-4-9-18-13-11(6-5-7-15-13)16-14(18)21-10-12(19)20/h5-7H,3-4,8-10H2,1-2H3,(H,19,20). The Morgan fingerprint density at radius 2 is 2.24 bits per heavy atom. The predicted molar refractivity (Wildman–Crippen MR) is 83.7 cm³/mol. The van der Waals surface area contributed by atoms with Crippen LogP contribution >= 0.6 is 11.8 Å².